The fraction of sp³-hybridized carbons (Fsp3) is 0.667. The first-order chi connectivity index (χ1) is 6.72. The highest BCUT2D eigenvalue weighted by Gasteiger charge is 2.28. The third kappa shape index (κ3) is 2.95. The third-order valence-electron chi connectivity index (χ3n) is 2.14. The molecular weight excluding hydrogens is 216 g/mol. The topological polar surface area (TPSA) is 72.2 Å². The number of aromatic hydroxyl groups is 1. The van der Waals surface area contributed by atoms with E-state index in [2.05, 4.69) is 5.10 Å². The van der Waals surface area contributed by atoms with Gasteiger partial charge in [0, 0.05) is 0 Å². The van der Waals surface area contributed by atoms with Crippen LogP contribution in [0, 0.1) is 0 Å². The molecule has 0 saturated carbocycles. The van der Waals surface area contributed by atoms with Crippen LogP contribution in [0.2, 0.25) is 0 Å². The number of nitrogens with zero attached hydrogens (tertiary/aromatic N) is 2. The van der Waals surface area contributed by atoms with Crippen molar-refractivity contribution in [3.8, 4) is 5.75 Å². The van der Waals surface area contributed by atoms with E-state index >= 15 is 0 Å². The van der Waals surface area contributed by atoms with Crippen molar-refractivity contribution in [3.63, 3.8) is 0 Å². The maximum Gasteiger partial charge on any atom is 0.157 e. The summed E-state index contributed by atoms with van der Waals surface area (Å²) in [4.78, 5) is 0. The molecule has 0 atom stereocenters. The molecule has 1 aromatic heterocycles. The lowest BCUT2D eigenvalue weighted by molar-refractivity contribution is 0.473. The Morgan fingerprint density at radius 2 is 2.07 bits per heavy atom. The molecule has 0 fully saturated rings. The lowest BCUT2D eigenvalue weighted by Gasteiger charge is -2.18. The van der Waals surface area contributed by atoms with Crippen LogP contribution in [0.3, 0.4) is 0 Å². The van der Waals surface area contributed by atoms with Crippen molar-refractivity contribution in [2.45, 2.75) is 32.1 Å². The normalized spacial score (nSPS) is 13.0. The molecule has 0 bridgehead atoms. The summed E-state index contributed by atoms with van der Waals surface area (Å²) < 4.78 is 24.1. The van der Waals surface area contributed by atoms with E-state index in [4.69, 9.17) is 5.11 Å². The van der Waals surface area contributed by atoms with Crippen LogP contribution in [0.1, 0.15) is 20.8 Å². The van der Waals surface area contributed by atoms with Gasteiger partial charge < -0.3 is 5.11 Å². The van der Waals surface area contributed by atoms with Gasteiger partial charge in [0.1, 0.15) is 0 Å². The highest BCUT2D eigenvalue weighted by Crippen LogP contribution is 2.16. The molecule has 0 unspecified atom stereocenters. The Morgan fingerprint density at radius 1 is 1.47 bits per heavy atom. The first-order valence-electron chi connectivity index (χ1n) is 4.66. The predicted molar refractivity (Wildman–Crippen MR) is 57.4 cm³/mol. The third-order valence-corrected chi connectivity index (χ3v) is 4.73. The molecular formula is C9H16N2O3S. The smallest absolute Gasteiger partial charge is 0.157 e. The lowest BCUT2D eigenvalue weighted by Crippen LogP contribution is -2.32. The van der Waals surface area contributed by atoms with Crippen LogP contribution in [0.5, 0.6) is 5.75 Å². The number of aryl methyl sites for hydroxylation is 1. The first-order valence-corrected chi connectivity index (χ1v) is 6.31. The highest BCUT2D eigenvalue weighted by molar-refractivity contribution is 7.92. The predicted octanol–water partition coefficient (Wildman–Crippen LogP) is 0.802. The zero-order valence-electron chi connectivity index (χ0n) is 9.14. The van der Waals surface area contributed by atoms with E-state index in [0.717, 1.165) is 0 Å². The van der Waals surface area contributed by atoms with Crippen molar-refractivity contribution >= 4 is 9.84 Å². The van der Waals surface area contributed by atoms with Gasteiger partial charge in [-0.3, -0.25) is 4.68 Å². The number of hydrogen-bond acceptors (Lipinski definition) is 4. The van der Waals surface area contributed by atoms with E-state index in [-0.39, 0.29) is 18.0 Å². The molecule has 86 valence electrons. The summed E-state index contributed by atoms with van der Waals surface area (Å²) >= 11 is 0. The average molecular weight is 232 g/mol. The summed E-state index contributed by atoms with van der Waals surface area (Å²) in [5, 5.41) is 12.8. The largest absolute Gasteiger partial charge is 0.505 e. The summed E-state index contributed by atoms with van der Waals surface area (Å²) in [5.74, 6) is 0.0700. The Hall–Kier alpha value is -1.04. The van der Waals surface area contributed by atoms with Crippen molar-refractivity contribution in [1.82, 2.24) is 9.78 Å². The SMILES string of the molecule is CC(C)(C)S(=O)(=O)CCn1cc(O)cn1. The Bertz CT molecular complexity index is 428. The molecule has 0 saturated heterocycles. The zero-order chi connectivity index (χ0) is 11.7. The van der Waals surface area contributed by atoms with E-state index in [1.807, 2.05) is 0 Å². The molecule has 0 aromatic carbocycles. The van der Waals surface area contributed by atoms with Gasteiger partial charge in [0.05, 0.1) is 29.4 Å². The maximum atomic E-state index is 11.7. The molecule has 15 heavy (non-hydrogen) atoms. The Kier molecular flexibility index (Phi) is 3.08. The first kappa shape index (κ1) is 12.0. The summed E-state index contributed by atoms with van der Waals surface area (Å²) in [5.41, 5.74) is 0. The molecule has 0 aliphatic rings. The van der Waals surface area contributed by atoms with Crippen LogP contribution in [-0.2, 0) is 16.4 Å². The van der Waals surface area contributed by atoms with E-state index in [0.29, 0.717) is 0 Å². The van der Waals surface area contributed by atoms with Crippen molar-refractivity contribution in [2.75, 3.05) is 5.75 Å². The average Bonchev–Trinajstić information content (AvgIpc) is 2.46. The number of sulfone groups is 1. The molecule has 0 amide bonds. The Morgan fingerprint density at radius 3 is 2.47 bits per heavy atom. The van der Waals surface area contributed by atoms with E-state index in [1.165, 1.54) is 17.1 Å². The molecule has 1 aromatic rings. The van der Waals surface area contributed by atoms with Crippen molar-refractivity contribution < 1.29 is 13.5 Å². The van der Waals surface area contributed by atoms with Gasteiger partial charge in [-0.25, -0.2) is 8.42 Å². The second kappa shape index (κ2) is 3.84. The van der Waals surface area contributed by atoms with Crippen molar-refractivity contribution in [3.05, 3.63) is 12.4 Å². The Labute approximate surface area is 89.6 Å². The standard InChI is InChI=1S/C9H16N2O3S/c1-9(2,3)15(13,14)5-4-11-7-8(12)6-10-11/h6-7,12H,4-5H2,1-3H3. The van der Waals surface area contributed by atoms with Crippen LogP contribution in [-0.4, -0.2) is 33.8 Å². The van der Waals surface area contributed by atoms with Crippen molar-refractivity contribution in [2.24, 2.45) is 0 Å². The summed E-state index contributed by atoms with van der Waals surface area (Å²) in [6, 6.07) is 0. The maximum absolute atomic E-state index is 11.7. The molecule has 0 radical (unpaired) electrons. The Balaban J connectivity index is 2.66. The molecule has 0 aliphatic heterocycles. The molecule has 1 N–H and O–H groups in total. The van der Waals surface area contributed by atoms with Crippen molar-refractivity contribution in [1.29, 1.82) is 0 Å². The van der Waals surface area contributed by atoms with Gasteiger partial charge in [-0.05, 0) is 20.8 Å². The summed E-state index contributed by atoms with van der Waals surface area (Å²) in [6.45, 7) is 5.27. The minimum absolute atomic E-state index is 0.0254. The van der Waals surface area contributed by atoms with Gasteiger partial charge in [-0.15, -0.1) is 0 Å². The monoisotopic (exact) mass is 232 g/mol. The van der Waals surface area contributed by atoms with Crippen LogP contribution in [0.25, 0.3) is 0 Å². The van der Waals surface area contributed by atoms with Gasteiger partial charge in [-0.2, -0.15) is 5.10 Å². The molecule has 0 aliphatic carbocycles. The minimum atomic E-state index is -3.13. The summed E-state index contributed by atoms with van der Waals surface area (Å²) in [7, 11) is -3.13. The van der Waals surface area contributed by atoms with E-state index in [9.17, 15) is 8.42 Å². The fourth-order valence-corrected chi connectivity index (χ4v) is 2.03. The lowest BCUT2D eigenvalue weighted by atomic mass is 10.3. The number of hydrogen-bond donors (Lipinski definition) is 1. The van der Waals surface area contributed by atoms with E-state index < -0.39 is 14.6 Å². The number of rotatable bonds is 3. The van der Waals surface area contributed by atoms with Crippen LogP contribution >= 0.6 is 0 Å². The van der Waals surface area contributed by atoms with Gasteiger partial charge in [0.25, 0.3) is 0 Å². The number of aromatic nitrogens is 2. The molecule has 5 nitrogen and oxygen atoms in total. The molecule has 0 spiro atoms. The van der Waals surface area contributed by atoms with Gasteiger partial charge >= 0.3 is 0 Å². The van der Waals surface area contributed by atoms with Gasteiger partial charge in [0.15, 0.2) is 15.6 Å². The fourth-order valence-electron chi connectivity index (χ4n) is 0.995. The molecule has 1 rings (SSSR count). The van der Waals surface area contributed by atoms with Crippen LogP contribution in [0.15, 0.2) is 12.4 Å². The zero-order valence-corrected chi connectivity index (χ0v) is 9.95. The second-order valence-corrected chi connectivity index (χ2v) is 7.26. The second-order valence-electron chi connectivity index (χ2n) is 4.39. The van der Waals surface area contributed by atoms with E-state index in [1.54, 1.807) is 20.8 Å². The van der Waals surface area contributed by atoms with Crippen LogP contribution in [0.4, 0.5) is 0 Å². The summed E-state index contributed by atoms with van der Waals surface area (Å²) in [6.07, 6.45) is 2.68. The van der Waals surface area contributed by atoms with Gasteiger partial charge in [-0.1, -0.05) is 0 Å². The van der Waals surface area contributed by atoms with Gasteiger partial charge in [0.2, 0.25) is 0 Å². The minimum Gasteiger partial charge on any atom is -0.505 e. The van der Waals surface area contributed by atoms with Crippen LogP contribution < -0.4 is 0 Å². The highest BCUT2D eigenvalue weighted by atomic mass is 32.2. The molecule has 1 heterocycles. The quantitative estimate of drug-likeness (QED) is 0.836. The molecule has 6 heteroatoms.